The fraction of sp³-hybridized carbons (Fsp3) is 0.364. The van der Waals surface area contributed by atoms with Crippen molar-refractivity contribution in [3.05, 3.63) is 64.1 Å². The van der Waals surface area contributed by atoms with Crippen LogP contribution < -0.4 is 4.74 Å². The maximum absolute atomic E-state index is 13.0. The molecule has 6 nitrogen and oxygen atoms in total. The van der Waals surface area contributed by atoms with Gasteiger partial charge in [0.15, 0.2) is 5.54 Å². The number of nitrogens with zero attached hydrogens (tertiary/aromatic N) is 2. The largest absolute Gasteiger partial charge is 0.494 e. The quantitative estimate of drug-likeness (QED) is 0.614. The Hall–Kier alpha value is -2.38. The summed E-state index contributed by atoms with van der Waals surface area (Å²) in [7, 11) is 3.46. The van der Waals surface area contributed by atoms with E-state index >= 15 is 0 Å². The number of aliphatic imine (C=N–C) groups is 1. The topological polar surface area (TPSA) is 71.4 Å². The lowest BCUT2D eigenvalue weighted by molar-refractivity contribution is -0.134. The second-order valence-electron chi connectivity index (χ2n) is 7.15. The summed E-state index contributed by atoms with van der Waals surface area (Å²) >= 11 is 3.56. The van der Waals surface area contributed by atoms with E-state index in [1.54, 1.807) is 19.0 Å². The van der Waals surface area contributed by atoms with Crippen LogP contribution in [0.3, 0.4) is 0 Å². The molecule has 0 aliphatic carbocycles. The van der Waals surface area contributed by atoms with Gasteiger partial charge in [0, 0.05) is 43.6 Å². The number of halogens is 1. The zero-order chi connectivity index (χ0) is 20.9. The van der Waals surface area contributed by atoms with Crippen molar-refractivity contribution in [1.82, 2.24) is 4.90 Å². The van der Waals surface area contributed by atoms with Crippen LogP contribution in [0.5, 0.6) is 5.75 Å². The molecule has 0 aromatic heterocycles. The highest BCUT2D eigenvalue weighted by atomic mass is 79.9. The van der Waals surface area contributed by atoms with Crippen LogP contribution in [0.2, 0.25) is 0 Å². The van der Waals surface area contributed by atoms with Crippen LogP contribution in [0.15, 0.2) is 58.0 Å². The van der Waals surface area contributed by atoms with E-state index in [0.29, 0.717) is 31.1 Å². The monoisotopic (exact) mass is 460 g/mol. The predicted molar refractivity (Wildman–Crippen MR) is 115 cm³/mol. The molecule has 1 atom stereocenters. The first-order valence-corrected chi connectivity index (χ1v) is 10.3. The summed E-state index contributed by atoms with van der Waals surface area (Å²) in [6.45, 7) is 0.747. The molecule has 3 rings (SSSR count). The minimum atomic E-state index is -1.00. The Bertz CT molecular complexity index is 883. The van der Waals surface area contributed by atoms with Crippen LogP contribution in [0.25, 0.3) is 0 Å². The highest BCUT2D eigenvalue weighted by Crippen LogP contribution is 2.31. The first-order valence-electron chi connectivity index (χ1n) is 9.47. The van der Waals surface area contributed by atoms with Crippen molar-refractivity contribution >= 4 is 27.7 Å². The molecule has 0 fully saturated rings. The SMILES string of the molecule is CN(C)C(=O)[C@@]1(Cc2ccccc2Br)COC(c2ccc(OCCCO)cc2)=N1. The van der Waals surface area contributed by atoms with Gasteiger partial charge in [-0.3, -0.25) is 4.79 Å². The summed E-state index contributed by atoms with van der Waals surface area (Å²) in [4.78, 5) is 19.4. The van der Waals surface area contributed by atoms with Crippen molar-refractivity contribution in [3.63, 3.8) is 0 Å². The van der Waals surface area contributed by atoms with E-state index in [-0.39, 0.29) is 19.1 Å². The molecular formula is C22H25BrN2O4. The van der Waals surface area contributed by atoms with Gasteiger partial charge in [0.1, 0.15) is 12.4 Å². The molecule has 0 unspecified atom stereocenters. The predicted octanol–water partition coefficient (Wildman–Crippen LogP) is 3.06. The molecule has 1 amide bonds. The zero-order valence-electron chi connectivity index (χ0n) is 16.6. The highest BCUT2D eigenvalue weighted by Gasteiger charge is 2.45. The van der Waals surface area contributed by atoms with Gasteiger partial charge in [-0.2, -0.15) is 0 Å². The Morgan fingerprint density at radius 2 is 1.97 bits per heavy atom. The maximum atomic E-state index is 13.0. The number of carbonyl (C=O) groups excluding carboxylic acids is 1. The molecule has 0 saturated carbocycles. The van der Waals surface area contributed by atoms with Gasteiger partial charge in [-0.15, -0.1) is 0 Å². The molecule has 7 heteroatoms. The van der Waals surface area contributed by atoms with E-state index < -0.39 is 5.54 Å². The number of benzene rings is 2. The molecule has 1 heterocycles. The smallest absolute Gasteiger partial charge is 0.254 e. The lowest BCUT2D eigenvalue weighted by Crippen LogP contribution is -2.47. The Kier molecular flexibility index (Phi) is 6.92. The highest BCUT2D eigenvalue weighted by molar-refractivity contribution is 9.10. The minimum absolute atomic E-state index is 0.0905. The molecule has 1 aliphatic heterocycles. The standard InChI is InChI=1S/C22H25BrN2O4/c1-25(2)21(27)22(14-17-6-3-4-7-19(17)23)15-29-20(24-22)16-8-10-18(11-9-16)28-13-5-12-26/h3-4,6-11,26H,5,12-15H2,1-2H3/t22-/m1/s1. The Morgan fingerprint density at radius 1 is 1.24 bits per heavy atom. The molecule has 2 aromatic rings. The number of likely N-dealkylation sites (N-methyl/N-ethyl adjacent to an activating group) is 1. The summed E-state index contributed by atoms with van der Waals surface area (Å²) in [5, 5.41) is 8.84. The summed E-state index contributed by atoms with van der Waals surface area (Å²) in [6, 6.07) is 15.2. The van der Waals surface area contributed by atoms with Gasteiger partial charge in [-0.05, 0) is 35.9 Å². The molecule has 154 valence electrons. The minimum Gasteiger partial charge on any atom is -0.494 e. The van der Waals surface area contributed by atoms with Crippen molar-refractivity contribution < 1.29 is 19.4 Å². The summed E-state index contributed by atoms with van der Waals surface area (Å²) in [5.74, 6) is 1.08. The van der Waals surface area contributed by atoms with Crippen molar-refractivity contribution in [2.75, 3.05) is 33.9 Å². The van der Waals surface area contributed by atoms with Crippen LogP contribution in [0, 0.1) is 0 Å². The molecule has 29 heavy (non-hydrogen) atoms. The van der Waals surface area contributed by atoms with E-state index in [1.165, 1.54) is 0 Å². The van der Waals surface area contributed by atoms with E-state index in [0.717, 1.165) is 15.6 Å². The third-order valence-electron chi connectivity index (χ3n) is 4.68. The lowest BCUT2D eigenvalue weighted by atomic mass is 9.91. The molecule has 0 radical (unpaired) electrons. The summed E-state index contributed by atoms with van der Waals surface area (Å²) in [5.41, 5.74) is 0.794. The van der Waals surface area contributed by atoms with Gasteiger partial charge in [0.2, 0.25) is 5.90 Å². The molecule has 0 bridgehead atoms. The van der Waals surface area contributed by atoms with Gasteiger partial charge < -0.3 is 19.5 Å². The Balaban J connectivity index is 1.86. The van der Waals surface area contributed by atoms with Crippen LogP contribution in [0.4, 0.5) is 0 Å². The third-order valence-corrected chi connectivity index (χ3v) is 5.45. The Morgan fingerprint density at radius 3 is 2.62 bits per heavy atom. The number of ether oxygens (including phenoxy) is 2. The van der Waals surface area contributed by atoms with Crippen molar-refractivity contribution in [2.24, 2.45) is 4.99 Å². The number of hydrogen-bond donors (Lipinski definition) is 1. The van der Waals surface area contributed by atoms with Gasteiger partial charge >= 0.3 is 0 Å². The molecular weight excluding hydrogens is 436 g/mol. The molecule has 1 N–H and O–H groups in total. The van der Waals surface area contributed by atoms with Gasteiger partial charge in [-0.25, -0.2) is 4.99 Å². The molecule has 0 saturated heterocycles. The number of rotatable bonds is 8. The molecule has 1 aliphatic rings. The number of carbonyl (C=O) groups is 1. The maximum Gasteiger partial charge on any atom is 0.254 e. The number of aliphatic hydroxyl groups excluding tert-OH is 1. The second kappa shape index (κ2) is 9.41. The molecule has 0 spiro atoms. The van der Waals surface area contributed by atoms with E-state index in [2.05, 4.69) is 15.9 Å². The fourth-order valence-corrected chi connectivity index (χ4v) is 3.62. The average Bonchev–Trinajstić information content (AvgIpc) is 3.15. The van der Waals surface area contributed by atoms with Gasteiger partial charge in [0.05, 0.1) is 6.61 Å². The van der Waals surface area contributed by atoms with Crippen molar-refractivity contribution in [2.45, 2.75) is 18.4 Å². The first kappa shape index (κ1) is 21.3. The number of amides is 1. The zero-order valence-corrected chi connectivity index (χ0v) is 18.2. The van der Waals surface area contributed by atoms with Gasteiger partial charge in [0.25, 0.3) is 5.91 Å². The van der Waals surface area contributed by atoms with Crippen LogP contribution in [-0.4, -0.2) is 61.3 Å². The lowest BCUT2D eigenvalue weighted by Gasteiger charge is -2.26. The average molecular weight is 461 g/mol. The van der Waals surface area contributed by atoms with Crippen LogP contribution >= 0.6 is 15.9 Å². The fourth-order valence-electron chi connectivity index (χ4n) is 3.19. The first-order chi connectivity index (χ1) is 13.9. The normalized spacial score (nSPS) is 18.1. The van der Waals surface area contributed by atoms with Crippen LogP contribution in [0.1, 0.15) is 17.5 Å². The number of aliphatic hydroxyl groups is 1. The Labute approximate surface area is 179 Å². The van der Waals surface area contributed by atoms with E-state index in [9.17, 15) is 4.79 Å². The number of hydrogen-bond acceptors (Lipinski definition) is 5. The molecule has 2 aromatic carbocycles. The van der Waals surface area contributed by atoms with E-state index in [4.69, 9.17) is 19.6 Å². The second-order valence-corrected chi connectivity index (χ2v) is 8.01. The van der Waals surface area contributed by atoms with E-state index in [1.807, 2.05) is 48.5 Å². The third kappa shape index (κ3) is 4.97. The van der Waals surface area contributed by atoms with Crippen LogP contribution in [-0.2, 0) is 16.0 Å². The summed E-state index contributed by atoms with van der Waals surface area (Å²) in [6.07, 6.45) is 1.03. The van der Waals surface area contributed by atoms with Gasteiger partial charge in [-0.1, -0.05) is 34.1 Å². The van der Waals surface area contributed by atoms with Crippen molar-refractivity contribution in [3.8, 4) is 5.75 Å². The van der Waals surface area contributed by atoms with Crippen molar-refractivity contribution in [1.29, 1.82) is 0 Å². The summed E-state index contributed by atoms with van der Waals surface area (Å²) < 4.78 is 12.4.